The number of likely N-dealkylation sites (N-methyl/N-ethyl adjacent to an activating group) is 1. The molecule has 1 atom stereocenters. The number of aryl methyl sites for hydroxylation is 2. The van der Waals surface area contributed by atoms with Crippen LogP contribution in [-0.2, 0) is 32.6 Å². The number of carbonyl (C=O) groups excluding carboxylic acids is 2. The number of carbonyl (C=O) groups is 2. The Morgan fingerprint density at radius 1 is 0.756 bits per heavy atom. The molecular formula is C33H35N3O4S. The Bertz CT molecular complexity index is 1570. The highest BCUT2D eigenvalue weighted by Gasteiger charge is 2.34. The van der Waals surface area contributed by atoms with Crippen LogP contribution in [0.3, 0.4) is 0 Å². The predicted octanol–water partition coefficient (Wildman–Crippen LogP) is 4.88. The third kappa shape index (κ3) is 7.21. The summed E-state index contributed by atoms with van der Waals surface area (Å²) in [6.07, 6.45) is 0.272. The second kappa shape index (κ2) is 13.3. The lowest BCUT2D eigenvalue weighted by Crippen LogP contribution is -2.53. The lowest BCUT2D eigenvalue weighted by atomic mass is 10.0. The topological polar surface area (TPSA) is 86.8 Å². The number of anilines is 1. The van der Waals surface area contributed by atoms with Crippen molar-refractivity contribution >= 4 is 27.5 Å². The molecule has 7 nitrogen and oxygen atoms in total. The van der Waals surface area contributed by atoms with Crippen molar-refractivity contribution in [2.75, 3.05) is 17.9 Å². The van der Waals surface area contributed by atoms with Gasteiger partial charge in [-0.25, -0.2) is 8.42 Å². The van der Waals surface area contributed by atoms with Gasteiger partial charge in [0.25, 0.3) is 10.0 Å². The summed E-state index contributed by atoms with van der Waals surface area (Å²) >= 11 is 0. The summed E-state index contributed by atoms with van der Waals surface area (Å²) in [5, 5.41) is 2.70. The molecule has 0 spiro atoms. The molecule has 0 unspecified atom stereocenters. The molecule has 0 aromatic heterocycles. The van der Waals surface area contributed by atoms with E-state index in [1.165, 1.54) is 11.9 Å². The summed E-state index contributed by atoms with van der Waals surface area (Å²) in [5.74, 6) is -0.820. The zero-order valence-electron chi connectivity index (χ0n) is 23.5. The second-order valence-electron chi connectivity index (χ2n) is 9.94. The molecule has 2 amide bonds. The minimum absolute atomic E-state index is 0.0842. The van der Waals surface area contributed by atoms with Gasteiger partial charge in [0.1, 0.15) is 12.6 Å². The Morgan fingerprint density at radius 2 is 1.32 bits per heavy atom. The van der Waals surface area contributed by atoms with Crippen LogP contribution in [0.1, 0.15) is 22.3 Å². The van der Waals surface area contributed by atoms with E-state index in [0.29, 0.717) is 11.3 Å². The van der Waals surface area contributed by atoms with Crippen LogP contribution in [0.15, 0.2) is 114 Å². The Morgan fingerprint density at radius 3 is 1.90 bits per heavy atom. The lowest BCUT2D eigenvalue weighted by Gasteiger charge is -2.34. The molecule has 0 saturated carbocycles. The Labute approximate surface area is 242 Å². The zero-order valence-corrected chi connectivity index (χ0v) is 24.3. The Balaban J connectivity index is 1.78. The van der Waals surface area contributed by atoms with Crippen molar-refractivity contribution in [3.8, 4) is 0 Å². The summed E-state index contributed by atoms with van der Waals surface area (Å²) in [5.41, 5.74) is 3.74. The van der Waals surface area contributed by atoms with Gasteiger partial charge in [-0.2, -0.15) is 0 Å². The van der Waals surface area contributed by atoms with E-state index < -0.39 is 28.5 Å². The second-order valence-corrected chi connectivity index (χ2v) is 11.8. The number of nitrogens with zero attached hydrogens (tertiary/aromatic N) is 2. The third-order valence-corrected chi connectivity index (χ3v) is 8.76. The number of rotatable bonds is 11. The molecule has 0 fully saturated rings. The number of amides is 2. The van der Waals surface area contributed by atoms with Crippen molar-refractivity contribution < 1.29 is 18.0 Å². The van der Waals surface area contributed by atoms with Crippen molar-refractivity contribution in [1.82, 2.24) is 10.2 Å². The van der Waals surface area contributed by atoms with Crippen LogP contribution < -0.4 is 9.62 Å². The fourth-order valence-electron chi connectivity index (χ4n) is 4.69. The minimum atomic E-state index is -4.12. The van der Waals surface area contributed by atoms with E-state index in [9.17, 15) is 18.0 Å². The maximum absolute atomic E-state index is 14.3. The van der Waals surface area contributed by atoms with Crippen LogP contribution in [0, 0.1) is 13.8 Å². The molecular weight excluding hydrogens is 534 g/mol. The molecule has 8 heteroatoms. The first-order valence-electron chi connectivity index (χ1n) is 13.4. The average molecular weight is 570 g/mol. The Kier molecular flexibility index (Phi) is 9.57. The molecule has 0 aliphatic heterocycles. The number of para-hydroxylation sites is 1. The standard InChI is InChI=1S/C33H35N3O4S/c1-25-18-20-29(21-19-25)41(39,40)36(30-17-11-10-12-26(30)2)24-32(37)35(23-28-15-8-5-9-16-28)31(33(38)34-3)22-27-13-6-4-7-14-27/h4-21,31H,22-24H2,1-3H3,(H,34,38)/t31-/m1/s1. The quantitative estimate of drug-likeness (QED) is 0.279. The molecule has 0 heterocycles. The predicted molar refractivity (Wildman–Crippen MR) is 162 cm³/mol. The van der Waals surface area contributed by atoms with Crippen molar-refractivity contribution in [3.63, 3.8) is 0 Å². The monoisotopic (exact) mass is 569 g/mol. The van der Waals surface area contributed by atoms with Crippen LogP contribution in [0.25, 0.3) is 0 Å². The van der Waals surface area contributed by atoms with Gasteiger partial charge < -0.3 is 10.2 Å². The number of hydrogen-bond acceptors (Lipinski definition) is 4. The van der Waals surface area contributed by atoms with Crippen LogP contribution in [0.4, 0.5) is 5.69 Å². The van der Waals surface area contributed by atoms with Gasteiger partial charge in [0.05, 0.1) is 10.6 Å². The van der Waals surface area contributed by atoms with E-state index in [1.807, 2.05) is 86.6 Å². The van der Waals surface area contributed by atoms with Gasteiger partial charge in [-0.15, -0.1) is 0 Å². The fraction of sp³-hybridized carbons (Fsp3) is 0.212. The smallest absolute Gasteiger partial charge is 0.264 e. The van der Waals surface area contributed by atoms with E-state index in [0.717, 1.165) is 21.0 Å². The summed E-state index contributed by atoms with van der Waals surface area (Å²) in [6, 6.07) is 31.6. The van der Waals surface area contributed by atoms with Crippen molar-refractivity contribution in [3.05, 3.63) is 131 Å². The molecule has 0 radical (unpaired) electrons. The van der Waals surface area contributed by atoms with E-state index in [2.05, 4.69) is 5.32 Å². The van der Waals surface area contributed by atoms with Crippen molar-refractivity contribution in [1.29, 1.82) is 0 Å². The van der Waals surface area contributed by atoms with Gasteiger partial charge in [0.15, 0.2) is 0 Å². The summed E-state index contributed by atoms with van der Waals surface area (Å²) in [7, 11) is -2.59. The van der Waals surface area contributed by atoms with Gasteiger partial charge in [0, 0.05) is 20.0 Å². The number of nitrogens with one attached hydrogen (secondary N) is 1. The van der Waals surface area contributed by atoms with Crippen LogP contribution in [0.5, 0.6) is 0 Å². The third-order valence-electron chi connectivity index (χ3n) is 6.99. The first kappa shape index (κ1) is 29.6. The van der Waals surface area contributed by atoms with Gasteiger partial charge in [0.2, 0.25) is 11.8 Å². The normalized spacial score (nSPS) is 11.9. The van der Waals surface area contributed by atoms with E-state index in [1.54, 1.807) is 36.4 Å². The van der Waals surface area contributed by atoms with E-state index >= 15 is 0 Å². The van der Waals surface area contributed by atoms with Gasteiger partial charge >= 0.3 is 0 Å². The van der Waals surface area contributed by atoms with Crippen molar-refractivity contribution in [2.24, 2.45) is 0 Å². The molecule has 0 saturated heterocycles. The van der Waals surface area contributed by atoms with Crippen LogP contribution >= 0.6 is 0 Å². The largest absolute Gasteiger partial charge is 0.357 e. The van der Waals surface area contributed by atoms with Crippen LogP contribution in [0.2, 0.25) is 0 Å². The van der Waals surface area contributed by atoms with E-state index in [-0.39, 0.29) is 23.8 Å². The highest BCUT2D eigenvalue weighted by molar-refractivity contribution is 7.92. The maximum Gasteiger partial charge on any atom is 0.264 e. The highest BCUT2D eigenvalue weighted by atomic mass is 32.2. The van der Waals surface area contributed by atoms with Gasteiger partial charge in [-0.05, 0) is 48.7 Å². The van der Waals surface area contributed by atoms with Gasteiger partial charge in [-0.1, -0.05) is 96.6 Å². The summed E-state index contributed by atoms with van der Waals surface area (Å²) < 4.78 is 29.2. The number of benzene rings is 4. The molecule has 4 rings (SSSR count). The summed E-state index contributed by atoms with van der Waals surface area (Å²) in [4.78, 5) is 29.1. The zero-order chi connectivity index (χ0) is 29.4. The fourth-order valence-corrected chi connectivity index (χ4v) is 6.17. The SMILES string of the molecule is CNC(=O)[C@@H](Cc1ccccc1)N(Cc1ccccc1)C(=O)CN(c1ccccc1C)S(=O)(=O)c1ccc(C)cc1. The average Bonchev–Trinajstić information content (AvgIpc) is 2.99. The van der Waals surface area contributed by atoms with Gasteiger partial charge in [-0.3, -0.25) is 13.9 Å². The molecule has 0 aliphatic rings. The molecule has 4 aromatic rings. The first-order valence-corrected chi connectivity index (χ1v) is 14.9. The molecule has 0 aliphatic carbocycles. The molecule has 4 aromatic carbocycles. The number of sulfonamides is 1. The highest BCUT2D eigenvalue weighted by Crippen LogP contribution is 2.28. The molecule has 0 bridgehead atoms. The minimum Gasteiger partial charge on any atom is -0.357 e. The first-order chi connectivity index (χ1) is 19.7. The molecule has 212 valence electrons. The maximum atomic E-state index is 14.3. The van der Waals surface area contributed by atoms with Crippen LogP contribution in [-0.4, -0.2) is 44.8 Å². The lowest BCUT2D eigenvalue weighted by molar-refractivity contribution is -0.139. The van der Waals surface area contributed by atoms with Crippen molar-refractivity contribution in [2.45, 2.75) is 37.8 Å². The van der Waals surface area contributed by atoms with E-state index in [4.69, 9.17) is 0 Å². The number of hydrogen-bond donors (Lipinski definition) is 1. The summed E-state index contributed by atoms with van der Waals surface area (Å²) in [6.45, 7) is 3.35. The molecule has 1 N–H and O–H groups in total. The molecule has 41 heavy (non-hydrogen) atoms. The Hall–Kier alpha value is -4.43.